The second-order valence-electron chi connectivity index (χ2n) is 8.06. The van der Waals surface area contributed by atoms with Crippen LogP contribution in [0, 0.1) is 5.92 Å². The Morgan fingerprint density at radius 3 is 2.29 bits per heavy atom. The number of carbonyl (C=O) groups excluding carboxylic acids is 2. The van der Waals surface area contributed by atoms with Gasteiger partial charge in [-0.1, -0.05) is 20.8 Å². The number of hydrogen-bond donors (Lipinski definition) is 1. The third kappa shape index (κ3) is 11.8. The van der Waals surface area contributed by atoms with Gasteiger partial charge in [-0.25, -0.2) is 0 Å². The van der Waals surface area contributed by atoms with E-state index in [1.54, 1.807) is 0 Å². The number of hydrogen-bond acceptors (Lipinski definition) is 5. The van der Waals surface area contributed by atoms with Gasteiger partial charge >= 0.3 is 0 Å². The van der Waals surface area contributed by atoms with E-state index in [1.807, 2.05) is 13.8 Å². The number of ether oxygens (including phenoxy) is 3. The Morgan fingerprint density at radius 1 is 0.964 bits per heavy atom. The maximum absolute atomic E-state index is 11.8. The largest absolute Gasteiger partial charge is 0.379 e. The van der Waals surface area contributed by atoms with Crippen LogP contribution < -0.4 is 5.32 Å². The van der Waals surface area contributed by atoms with Crippen molar-refractivity contribution in [2.24, 2.45) is 5.92 Å². The van der Waals surface area contributed by atoms with E-state index in [9.17, 15) is 9.59 Å². The molecule has 1 saturated carbocycles. The van der Waals surface area contributed by atoms with E-state index in [2.05, 4.69) is 19.2 Å². The zero-order valence-electron chi connectivity index (χ0n) is 18.3. The predicted octanol–water partition coefficient (Wildman–Crippen LogP) is 3.66. The first-order chi connectivity index (χ1) is 13.4. The summed E-state index contributed by atoms with van der Waals surface area (Å²) in [6.45, 7) is 10.0. The van der Waals surface area contributed by atoms with Crippen LogP contribution in [0.3, 0.4) is 0 Å². The van der Waals surface area contributed by atoms with Crippen LogP contribution in [-0.2, 0) is 23.8 Å². The second kappa shape index (κ2) is 14.9. The van der Waals surface area contributed by atoms with E-state index in [4.69, 9.17) is 14.2 Å². The van der Waals surface area contributed by atoms with E-state index in [1.165, 1.54) is 0 Å². The molecule has 1 amide bonds. The molecule has 1 aliphatic rings. The summed E-state index contributed by atoms with van der Waals surface area (Å²) in [6.07, 6.45) is 7.96. The lowest BCUT2D eigenvalue weighted by atomic mass is 9.94. The van der Waals surface area contributed by atoms with Gasteiger partial charge in [-0.2, -0.15) is 0 Å². The summed E-state index contributed by atoms with van der Waals surface area (Å²) in [5, 5.41) is 2.84. The first-order valence-electron chi connectivity index (χ1n) is 11.1. The first kappa shape index (κ1) is 25.1. The van der Waals surface area contributed by atoms with Crippen molar-refractivity contribution >= 4 is 11.7 Å². The highest BCUT2D eigenvalue weighted by atomic mass is 16.5. The fourth-order valence-electron chi connectivity index (χ4n) is 3.16. The minimum absolute atomic E-state index is 0.0242. The molecule has 1 fully saturated rings. The van der Waals surface area contributed by atoms with E-state index < -0.39 is 0 Å². The SMILES string of the molecule is CCC(C)OC1CCC(OCCCC(=O)NCCOCCC(=O)C(C)C)CC1. The van der Waals surface area contributed by atoms with Gasteiger partial charge in [0, 0.05) is 31.9 Å². The van der Waals surface area contributed by atoms with Gasteiger partial charge in [0.05, 0.1) is 31.5 Å². The van der Waals surface area contributed by atoms with Gasteiger partial charge in [-0.05, 0) is 45.4 Å². The van der Waals surface area contributed by atoms with E-state index in [0.29, 0.717) is 57.5 Å². The van der Waals surface area contributed by atoms with Crippen LogP contribution in [0.25, 0.3) is 0 Å². The summed E-state index contributed by atoms with van der Waals surface area (Å²) in [5.74, 6) is 0.287. The van der Waals surface area contributed by atoms with Crippen LogP contribution in [0.4, 0.5) is 0 Å². The predicted molar refractivity (Wildman–Crippen MR) is 110 cm³/mol. The lowest BCUT2D eigenvalue weighted by molar-refractivity contribution is -0.124. The number of ketones is 1. The number of Topliss-reactive ketones (excluding diaryl/α,β-unsaturated/α-hetero) is 1. The lowest BCUT2D eigenvalue weighted by Crippen LogP contribution is -2.29. The zero-order chi connectivity index (χ0) is 20.8. The Hall–Kier alpha value is -0.980. The summed E-state index contributed by atoms with van der Waals surface area (Å²) in [5.41, 5.74) is 0. The highest BCUT2D eigenvalue weighted by Crippen LogP contribution is 2.25. The van der Waals surface area contributed by atoms with Gasteiger partial charge in [-0.15, -0.1) is 0 Å². The van der Waals surface area contributed by atoms with Crippen LogP contribution in [0.2, 0.25) is 0 Å². The normalized spacial score (nSPS) is 20.9. The molecule has 0 heterocycles. The molecule has 0 aromatic rings. The van der Waals surface area contributed by atoms with E-state index >= 15 is 0 Å². The lowest BCUT2D eigenvalue weighted by Gasteiger charge is -2.30. The Bertz CT molecular complexity index is 433. The quantitative estimate of drug-likeness (QED) is 0.426. The van der Waals surface area contributed by atoms with Crippen molar-refractivity contribution in [2.45, 2.75) is 97.4 Å². The molecule has 0 aliphatic heterocycles. The molecular formula is C22H41NO5. The van der Waals surface area contributed by atoms with E-state index in [0.717, 1.165) is 38.5 Å². The average Bonchev–Trinajstić information content (AvgIpc) is 2.68. The molecule has 1 aliphatic carbocycles. The van der Waals surface area contributed by atoms with Crippen LogP contribution in [0.15, 0.2) is 0 Å². The number of amides is 1. The maximum atomic E-state index is 11.8. The topological polar surface area (TPSA) is 73.9 Å². The maximum Gasteiger partial charge on any atom is 0.220 e. The Labute approximate surface area is 171 Å². The molecule has 1 N–H and O–H groups in total. The molecule has 1 unspecified atom stereocenters. The third-order valence-corrected chi connectivity index (χ3v) is 5.23. The van der Waals surface area contributed by atoms with Crippen molar-refractivity contribution in [1.82, 2.24) is 5.32 Å². The second-order valence-corrected chi connectivity index (χ2v) is 8.06. The third-order valence-electron chi connectivity index (χ3n) is 5.23. The van der Waals surface area contributed by atoms with Gasteiger partial charge < -0.3 is 19.5 Å². The highest BCUT2D eigenvalue weighted by molar-refractivity contribution is 5.80. The molecule has 0 aromatic heterocycles. The van der Waals surface area contributed by atoms with Crippen molar-refractivity contribution < 1.29 is 23.8 Å². The van der Waals surface area contributed by atoms with Crippen LogP contribution in [0.5, 0.6) is 0 Å². The van der Waals surface area contributed by atoms with Crippen LogP contribution in [0.1, 0.15) is 79.1 Å². The van der Waals surface area contributed by atoms with Crippen molar-refractivity contribution in [2.75, 3.05) is 26.4 Å². The fraction of sp³-hybridized carbons (Fsp3) is 0.909. The fourth-order valence-corrected chi connectivity index (χ4v) is 3.16. The molecule has 1 atom stereocenters. The first-order valence-corrected chi connectivity index (χ1v) is 11.1. The standard InChI is InChI=1S/C22H41NO5/c1-5-18(4)28-20-10-8-19(9-11-20)27-14-6-7-22(25)23-13-16-26-15-12-21(24)17(2)3/h17-20H,5-16H2,1-4H3,(H,23,25). The van der Waals surface area contributed by atoms with Crippen molar-refractivity contribution in [3.63, 3.8) is 0 Å². The molecule has 28 heavy (non-hydrogen) atoms. The summed E-state index contributed by atoms with van der Waals surface area (Å²) >= 11 is 0. The van der Waals surface area contributed by atoms with Crippen LogP contribution in [-0.4, -0.2) is 56.4 Å². The minimum Gasteiger partial charge on any atom is -0.379 e. The van der Waals surface area contributed by atoms with Crippen molar-refractivity contribution in [3.8, 4) is 0 Å². The molecule has 164 valence electrons. The van der Waals surface area contributed by atoms with Gasteiger partial charge in [0.1, 0.15) is 5.78 Å². The van der Waals surface area contributed by atoms with Gasteiger partial charge in [0.15, 0.2) is 0 Å². The average molecular weight is 400 g/mol. The minimum atomic E-state index is 0.0242. The summed E-state index contributed by atoms with van der Waals surface area (Å²) < 4.78 is 17.3. The van der Waals surface area contributed by atoms with Gasteiger partial charge in [0.25, 0.3) is 0 Å². The molecule has 1 rings (SSSR count). The van der Waals surface area contributed by atoms with Gasteiger partial charge in [0.2, 0.25) is 5.91 Å². The smallest absolute Gasteiger partial charge is 0.220 e. The Morgan fingerprint density at radius 2 is 1.64 bits per heavy atom. The number of rotatable bonds is 15. The summed E-state index contributed by atoms with van der Waals surface area (Å²) in [6, 6.07) is 0. The molecule has 0 spiro atoms. The molecule has 6 nitrogen and oxygen atoms in total. The molecule has 0 radical (unpaired) electrons. The molecular weight excluding hydrogens is 358 g/mol. The van der Waals surface area contributed by atoms with Crippen molar-refractivity contribution in [3.05, 3.63) is 0 Å². The molecule has 0 aromatic carbocycles. The Balaban J connectivity index is 1.94. The zero-order valence-corrected chi connectivity index (χ0v) is 18.3. The van der Waals surface area contributed by atoms with Gasteiger partial charge in [-0.3, -0.25) is 9.59 Å². The van der Waals surface area contributed by atoms with Crippen LogP contribution >= 0.6 is 0 Å². The monoisotopic (exact) mass is 399 g/mol. The summed E-state index contributed by atoms with van der Waals surface area (Å²) in [4.78, 5) is 23.3. The number of carbonyl (C=O) groups is 2. The molecule has 0 saturated heterocycles. The Kier molecular flexibility index (Phi) is 13.4. The summed E-state index contributed by atoms with van der Waals surface area (Å²) in [7, 11) is 0. The molecule has 0 bridgehead atoms. The molecule has 6 heteroatoms. The van der Waals surface area contributed by atoms with E-state index in [-0.39, 0.29) is 17.6 Å². The van der Waals surface area contributed by atoms with Crippen molar-refractivity contribution in [1.29, 1.82) is 0 Å². The highest BCUT2D eigenvalue weighted by Gasteiger charge is 2.23. The number of nitrogens with one attached hydrogen (secondary N) is 1.